The fourth-order valence-electron chi connectivity index (χ4n) is 4.62. The highest BCUT2D eigenvalue weighted by molar-refractivity contribution is 6.06. The quantitative estimate of drug-likeness (QED) is 0.164. The molecule has 0 fully saturated rings. The maximum Gasteiger partial charge on any atom is 0.255 e. The van der Waals surface area contributed by atoms with Gasteiger partial charge in [0, 0.05) is 23.9 Å². The van der Waals surface area contributed by atoms with Crippen molar-refractivity contribution in [3.63, 3.8) is 0 Å². The van der Waals surface area contributed by atoms with Crippen LogP contribution in [0.4, 0.5) is 11.4 Å². The van der Waals surface area contributed by atoms with Gasteiger partial charge < -0.3 is 15.1 Å². The molecule has 3 rings (SSSR count). The van der Waals surface area contributed by atoms with Crippen LogP contribution in [-0.2, 0) is 12.8 Å². The lowest BCUT2D eigenvalue weighted by atomic mass is 10.0. The number of hydrogen-bond acceptors (Lipinski definition) is 2. The summed E-state index contributed by atoms with van der Waals surface area (Å²) in [5.41, 5.74) is 6.05. The van der Waals surface area contributed by atoms with Gasteiger partial charge >= 0.3 is 0 Å². The molecule has 0 heterocycles. The summed E-state index contributed by atoms with van der Waals surface area (Å²) in [5, 5.41) is 5.95. The lowest BCUT2D eigenvalue weighted by molar-refractivity contribution is -0.870. The Hall–Kier alpha value is -3.44. The first-order valence-corrected chi connectivity index (χ1v) is 14.4. The molecule has 2 amide bonds. The van der Waals surface area contributed by atoms with Crippen molar-refractivity contribution in [3.8, 4) is 0 Å². The van der Waals surface area contributed by atoms with E-state index in [0.717, 1.165) is 28.6 Å². The topological polar surface area (TPSA) is 58.2 Å². The fraction of sp³-hybridized carbons (Fsp3) is 0.412. The van der Waals surface area contributed by atoms with E-state index in [9.17, 15) is 9.59 Å². The van der Waals surface area contributed by atoms with Crippen LogP contribution in [0.3, 0.4) is 0 Å². The lowest BCUT2D eigenvalue weighted by Gasteiger charge is -2.23. The molecule has 0 aliphatic carbocycles. The Balaban J connectivity index is 0.00000560. The minimum atomic E-state index is -0.145. The van der Waals surface area contributed by atoms with Gasteiger partial charge in [0.15, 0.2) is 0 Å². The van der Waals surface area contributed by atoms with Gasteiger partial charge in [-0.25, -0.2) is 0 Å². The summed E-state index contributed by atoms with van der Waals surface area (Å²) in [5.74, 6) is -0.282. The molecule has 210 valence electrons. The van der Waals surface area contributed by atoms with Gasteiger partial charge in [0.2, 0.25) is 0 Å². The first-order chi connectivity index (χ1) is 18.6. The number of unbranched alkanes of at least 4 members (excludes halogenated alkanes) is 5. The largest absolute Gasteiger partial charge is 0.331 e. The summed E-state index contributed by atoms with van der Waals surface area (Å²) in [7, 11) is 6.76. The van der Waals surface area contributed by atoms with Gasteiger partial charge in [0.25, 0.3) is 11.8 Å². The molecule has 0 bridgehead atoms. The average molecular weight is 531 g/mol. The van der Waals surface area contributed by atoms with Crippen molar-refractivity contribution in [2.24, 2.45) is 0 Å². The van der Waals surface area contributed by atoms with E-state index in [1.165, 1.54) is 56.2 Å². The van der Waals surface area contributed by atoms with Crippen LogP contribution >= 0.6 is 0 Å². The van der Waals surface area contributed by atoms with Gasteiger partial charge in [0.05, 0.1) is 27.7 Å². The van der Waals surface area contributed by atoms with Gasteiger partial charge in [-0.1, -0.05) is 50.5 Å². The number of anilines is 2. The van der Waals surface area contributed by atoms with Gasteiger partial charge in [0.1, 0.15) is 0 Å². The Labute approximate surface area is 236 Å². The van der Waals surface area contributed by atoms with Crippen molar-refractivity contribution in [1.82, 2.24) is 0 Å². The van der Waals surface area contributed by atoms with Crippen molar-refractivity contribution in [2.75, 3.05) is 38.3 Å². The van der Waals surface area contributed by atoms with Crippen LogP contribution in [-0.4, -0.2) is 44.0 Å². The molecule has 5 nitrogen and oxygen atoms in total. The van der Waals surface area contributed by atoms with Crippen LogP contribution < -0.4 is 10.6 Å². The van der Waals surface area contributed by atoms with Crippen LogP contribution in [0.15, 0.2) is 66.7 Å². The number of nitrogens with one attached hydrogen (secondary N) is 2. The van der Waals surface area contributed by atoms with E-state index in [-0.39, 0.29) is 13.2 Å². The zero-order valence-electron chi connectivity index (χ0n) is 24.5. The van der Waals surface area contributed by atoms with Crippen molar-refractivity contribution in [3.05, 3.63) is 94.5 Å². The molecular weight excluding hydrogens is 482 g/mol. The second kappa shape index (κ2) is 14.6. The summed E-state index contributed by atoms with van der Waals surface area (Å²) in [6.45, 7) is 5.26. The van der Waals surface area contributed by atoms with E-state index >= 15 is 0 Å². The van der Waals surface area contributed by atoms with E-state index < -0.39 is 0 Å². The molecule has 3 aromatic rings. The summed E-state index contributed by atoms with van der Waals surface area (Å²) < 4.78 is 1.05. The number of hydrogen-bond donors (Lipinski definition) is 2. The normalized spacial score (nSPS) is 11.3. The van der Waals surface area contributed by atoms with Crippen LogP contribution in [0.5, 0.6) is 0 Å². The Morgan fingerprint density at radius 2 is 1.23 bits per heavy atom. The maximum absolute atomic E-state index is 12.8. The van der Waals surface area contributed by atoms with E-state index in [1.807, 2.05) is 61.5 Å². The van der Waals surface area contributed by atoms with Crippen molar-refractivity contribution < 1.29 is 15.5 Å². The van der Waals surface area contributed by atoms with Crippen molar-refractivity contribution >= 4 is 23.2 Å². The molecule has 0 unspecified atom stereocenters. The molecule has 3 aromatic carbocycles. The van der Waals surface area contributed by atoms with Crippen LogP contribution in [0.1, 0.15) is 84.3 Å². The van der Waals surface area contributed by atoms with Crippen LogP contribution in [0.25, 0.3) is 0 Å². The smallest absolute Gasteiger partial charge is 0.255 e. The Bertz CT molecular complexity index is 1220. The molecule has 0 atom stereocenters. The van der Waals surface area contributed by atoms with Gasteiger partial charge in [-0.3, -0.25) is 9.59 Å². The van der Waals surface area contributed by atoms with E-state index in [1.54, 1.807) is 0 Å². The molecule has 0 spiro atoms. The fourth-order valence-corrected chi connectivity index (χ4v) is 4.62. The molecule has 0 aromatic heterocycles. The number of carbonyl (C=O) groups is 2. The molecule has 0 radical (unpaired) electrons. The van der Waals surface area contributed by atoms with Gasteiger partial charge in [-0.05, 0) is 98.2 Å². The summed E-state index contributed by atoms with van der Waals surface area (Å²) in [4.78, 5) is 25.4. The average Bonchev–Trinajstić information content (AvgIpc) is 2.91. The lowest BCUT2D eigenvalue weighted by Crippen LogP contribution is -2.35. The maximum atomic E-state index is 12.8. The molecule has 39 heavy (non-hydrogen) atoms. The molecular formula is C34H48N3O2+. The summed E-state index contributed by atoms with van der Waals surface area (Å²) >= 11 is 0. The second-order valence-electron chi connectivity index (χ2n) is 11.6. The third kappa shape index (κ3) is 10.3. The number of nitrogens with zero attached hydrogens (tertiary/aromatic N) is 1. The Morgan fingerprint density at radius 3 is 1.79 bits per heavy atom. The van der Waals surface area contributed by atoms with E-state index in [4.69, 9.17) is 0 Å². The predicted octanol–water partition coefficient (Wildman–Crippen LogP) is 7.90. The summed E-state index contributed by atoms with van der Waals surface area (Å²) in [6, 6.07) is 21.1. The van der Waals surface area contributed by atoms with Gasteiger partial charge in [-0.2, -0.15) is 0 Å². The van der Waals surface area contributed by atoms with Gasteiger partial charge in [-0.15, -0.1) is 0 Å². The number of rotatable bonds is 14. The number of benzene rings is 3. The highest BCUT2D eigenvalue weighted by Gasteiger charge is 2.11. The van der Waals surface area contributed by atoms with Crippen molar-refractivity contribution in [1.29, 1.82) is 0 Å². The molecule has 0 aliphatic heterocycles. The van der Waals surface area contributed by atoms with Crippen LogP contribution in [0.2, 0.25) is 0 Å². The zero-order valence-corrected chi connectivity index (χ0v) is 24.5. The third-order valence-electron chi connectivity index (χ3n) is 7.12. The highest BCUT2D eigenvalue weighted by Crippen LogP contribution is 2.22. The second-order valence-corrected chi connectivity index (χ2v) is 11.6. The first kappa shape index (κ1) is 30.1. The highest BCUT2D eigenvalue weighted by atomic mass is 16.2. The zero-order chi connectivity index (χ0) is 28.3. The minimum Gasteiger partial charge on any atom is -0.331 e. The Kier molecular flexibility index (Phi) is 11.3. The molecule has 0 aliphatic rings. The van der Waals surface area contributed by atoms with E-state index in [0.29, 0.717) is 16.8 Å². The number of quaternary nitrogens is 1. The molecule has 5 heteroatoms. The monoisotopic (exact) mass is 530 g/mol. The molecule has 0 saturated heterocycles. The van der Waals surface area contributed by atoms with Crippen LogP contribution in [0, 0.1) is 6.92 Å². The SMILES string of the molecule is CCc1ccc(C(=O)Nc2ccc(NC(=O)c3ccc(CCCCCCCC[N+](C)(C)C)cc3)cc2C)cc1.[HH]. The number of aryl methyl sites for hydroxylation is 3. The first-order valence-electron chi connectivity index (χ1n) is 14.4. The number of carbonyl (C=O) groups excluding carboxylic acids is 2. The Morgan fingerprint density at radius 1 is 0.692 bits per heavy atom. The predicted molar refractivity (Wildman–Crippen MR) is 166 cm³/mol. The third-order valence-corrected chi connectivity index (χ3v) is 7.12. The molecule has 2 N–H and O–H groups in total. The van der Waals surface area contributed by atoms with E-state index in [2.05, 4.69) is 50.8 Å². The summed E-state index contributed by atoms with van der Waals surface area (Å²) in [6.07, 6.45) is 9.68. The van der Waals surface area contributed by atoms with Crippen molar-refractivity contribution in [2.45, 2.75) is 65.2 Å². The minimum absolute atomic E-state index is 0. The number of amides is 2. The molecule has 0 saturated carbocycles. The standard InChI is InChI=1S/C34H45N3O2.H2/c1-6-27-14-18-30(19-15-27)34(39)36-32-23-22-31(25-26(32)2)35-33(38)29-20-16-28(17-21-29)13-11-9-7-8-10-12-24-37(3,4)5;/h14-23,25H,6-13,24H2,1-5H3,(H-,35,36,38,39);1H/p+1.